The van der Waals surface area contributed by atoms with E-state index in [0.717, 1.165) is 17.2 Å². The molecule has 2 aromatic rings. The lowest BCUT2D eigenvalue weighted by Crippen LogP contribution is -2.56. The molecule has 2 atom stereocenters. The predicted molar refractivity (Wildman–Crippen MR) is 125 cm³/mol. The van der Waals surface area contributed by atoms with Gasteiger partial charge in [-0.15, -0.1) is 12.4 Å². The normalized spacial score (nSPS) is 16.8. The highest BCUT2D eigenvalue weighted by Gasteiger charge is 2.40. The van der Waals surface area contributed by atoms with Crippen molar-refractivity contribution in [2.75, 3.05) is 18.0 Å². The fourth-order valence-electron chi connectivity index (χ4n) is 4.18. The van der Waals surface area contributed by atoms with E-state index in [1.165, 1.54) is 9.80 Å². The number of primary amides is 1. The number of nitrogens with two attached hydrogens (primary N) is 2. The number of carbonyl (C=O) groups excluding carboxylic acids is 3. The summed E-state index contributed by atoms with van der Waals surface area (Å²) < 4.78 is 0. The summed E-state index contributed by atoms with van der Waals surface area (Å²) in [5.74, 6) is -0.943. The van der Waals surface area contributed by atoms with E-state index < -0.39 is 18.0 Å². The first-order valence-corrected chi connectivity index (χ1v) is 10.4. The molecule has 4 N–H and O–H groups in total. The van der Waals surface area contributed by atoms with Crippen molar-refractivity contribution >= 4 is 46.6 Å². The highest BCUT2D eigenvalue weighted by atomic mass is 35.5. The Hall–Kier alpha value is -2.64. The number of benzene rings is 2. The third-order valence-electron chi connectivity index (χ3n) is 5.62. The fraction of sp³-hybridized carbons (Fsp3) is 0.435. The minimum absolute atomic E-state index is 0. The molecule has 2 aromatic carbocycles. The molecule has 1 saturated heterocycles. The van der Waals surface area contributed by atoms with Crippen molar-refractivity contribution in [3.8, 4) is 0 Å². The molecule has 1 aliphatic rings. The predicted octanol–water partition coefficient (Wildman–Crippen LogP) is 2.44. The van der Waals surface area contributed by atoms with Gasteiger partial charge in [0.25, 0.3) is 5.91 Å². The van der Waals surface area contributed by atoms with Crippen LogP contribution in [0.4, 0.5) is 5.69 Å². The Bertz CT molecular complexity index is 949. The number of fused-ring (bicyclic) bond motifs is 1. The van der Waals surface area contributed by atoms with Gasteiger partial charge in [-0.2, -0.15) is 0 Å². The third-order valence-corrected chi connectivity index (χ3v) is 5.62. The van der Waals surface area contributed by atoms with Crippen molar-refractivity contribution in [3.05, 3.63) is 42.5 Å². The van der Waals surface area contributed by atoms with Gasteiger partial charge in [0.2, 0.25) is 11.8 Å². The van der Waals surface area contributed by atoms with Crippen molar-refractivity contribution in [2.24, 2.45) is 17.4 Å². The molecule has 0 aromatic heterocycles. The summed E-state index contributed by atoms with van der Waals surface area (Å²) in [6.45, 7) is 4.31. The monoisotopic (exact) mass is 446 g/mol. The van der Waals surface area contributed by atoms with Crippen LogP contribution < -0.4 is 16.4 Å². The van der Waals surface area contributed by atoms with Crippen molar-refractivity contribution in [1.29, 1.82) is 0 Å². The number of hydrogen-bond donors (Lipinski definition) is 2. The molecule has 1 aliphatic heterocycles. The number of carbonyl (C=O) groups is 3. The van der Waals surface area contributed by atoms with Crippen molar-refractivity contribution < 1.29 is 14.4 Å². The summed E-state index contributed by atoms with van der Waals surface area (Å²) >= 11 is 0. The third kappa shape index (κ3) is 5.35. The molecule has 3 rings (SSSR count). The van der Waals surface area contributed by atoms with E-state index in [4.69, 9.17) is 11.5 Å². The first-order chi connectivity index (χ1) is 14.3. The van der Waals surface area contributed by atoms with E-state index in [9.17, 15) is 14.4 Å². The van der Waals surface area contributed by atoms with Crippen LogP contribution in [0.25, 0.3) is 10.8 Å². The zero-order valence-electron chi connectivity index (χ0n) is 18.0. The molecule has 8 heteroatoms. The number of amides is 3. The zero-order chi connectivity index (χ0) is 21.8. The van der Waals surface area contributed by atoms with Gasteiger partial charge >= 0.3 is 0 Å². The minimum Gasteiger partial charge on any atom is -0.368 e. The molecule has 0 spiro atoms. The van der Waals surface area contributed by atoms with Crippen LogP contribution in [0.2, 0.25) is 0 Å². The van der Waals surface area contributed by atoms with Gasteiger partial charge in [-0.25, -0.2) is 0 Å². The van der Waals surface area contributed by atoms with Crippen LogP contribution in [0.15, 0.2) is 42.5 Å². The van der Waals surface area contributed by atoms with Gasteiger partial charge in [0.05, 0.1) is 6.54 Å². The van der Waals surface area contributed by atoms with Crippen LogP contribution in [-0.4, -0.2) is 47.8 Å². The van der Waals surface area contributed by atoms with Gasteiger partial charge in [-0.1, -0.05) is 44.2 Å². The van der Waals surface area contributed by atoms with Crippen molar-refractivity contribution in [1.82, 2.24) is 4.90 Å². The molecule has 0 bridgehead atoms. The van der Waals surface area contributed by atoms with Crippen molar-refractivity contribution in [3.63, 3.8) is 0 Å². The van der Waals surface area contributed by atoms with Gasteiger partial charge in [0, 0.05) is 12.2 Å². The standard InChI is InChI=1S/C23H30N4O3.ClH/c1-15(2)12-20(22(25)29)27(18-10-9-16-6-3-4-7-17(16)13-18)23(30)19-8-5-11-26(19)21(28)14-24;/h3-4,6-7,9-10,13,15,19-20H,5,8,11-12,14,24H2,1-2H3,(H2,25,29);1H. The highest BCUT2D eigenvalue weighted by molar-refractivity contribution is 6.05. The molecule has 3 amide bonds. The molecule has 0 saturated carbocycles. The van der Waals surface area contributed by atoms with E-state index >= 15 is 0 Å². The number of halogens is 1. The van der Waals surface area contributed by atoms with E-state index in [-0.39, 0.29) is 36.7 Å². The smallest absolute Gasteiger partial charge is 0.250 e. The molecule has 7 nitrogen and oxygen atoms in total. The minimum atomic E-state index is -0.797. The van der Waals surface area contributed by atoms with Crippen LogP contribution in [0.1, 0.15) is 33.1 Å². The van der Waals surface area contributed by atoms with Gasteiger partial charge in [-0.05, 0) is 48.1 Å². The van der Waals surface area contributed by atoms with E-state index in [1.807, 2.05) is 56.3 Å². The second-order valence-electron chi connectivity index (χ2n) is 8.24. The SMILES string of the molecule is CC(C)CC(C(N)=O)N(C(=O)C1CCCN1C(=O)CN)c1ccc2ccccc2c1.Cl. The second-order valence-corrected chi connectivity index (χ2v) is 8.24. The number of rotatable bonds is 7. The van der Waals surface area contributed by atoms with Gasteiger partial charge < -0.3 is 16.4 Å². The van der Waals surface area contributed by atoms with Crippen LogP contribution in [0.3, 0.4) is 0 Å². The van der Waals surface area contributed by atoms with Gasteiger partial charge in [-0.3, -0.25) is 19.3 Å². The van der Waals surface area contributed by atoms with Crippen molar-refractivity contribution in [2.45, 2.75) is 45.2 Å². The molecule has 0 radical (unpaired) electrons. The first kappa shape index (κ1) is 24.6. The molecular weight excluding hydrogens is 416 g/mol. The second kappa shape index (κ2) is 10.6. The topological polar surface area (TPSA) is 110 Å². The number of nitrogens with zero attached hydrogens (tertiary/aromatic N) is 2. The maximum Gasteiger partial charge on any atom is 0.250 e. The quantitative estimate of drug-likeness (QED) is 0.680. The maximum absolute atomic E-state index is 13.7. The summed E-state index contributed by atoms with van der Waals surface area (Å²) in [5, 5.41) is 2.00. The van der Waals surface area contributed by atoms with E-state index in [0.29, 0.717) is 25.1 Å². The highest BCUT2D eigenvalue weighted by Crippen LogP contribution is 2.29. The van der Waals surface area contributed by atoms with Gasteiger partial charge in [0.15, 0.2) is 0 Å². The molecule has 31 heavy (non-hydrogen) atoms. The Morgan fingerprint density at radius 3 is 2.42 bits per heavy atom. The first-order valence-electron chi connectivity index (χ1n) is 10.4. The van der Waals surface area contributed by atoms with E-state index in [1.54, 1.807) is 0 Å². The lowest BCUT2D eigenvalue weighted by atomic mass is 9.99. The Balaban J connectivity index is 0.00000341. The molecule has 168 valence electrons. The fourth-order valence-corrected chi connectivity index (χ4v) is 4.18. The summed E-state index contributed by atoms with van der Waals surface area (Å²) in [6.07, 6.45) is 1.70. The van der Waals surface area contributed by atoms with Gasteiger partial charge in [0.1, 0.15) is 12.1 Å². The number of anilines is 1. The zero-order valence-corrected chi connectivity index (χ0v) is 18.8. The molecule has 1 fully saturated rings. The summed E-state index contributed by atoms with van der Waals surface area (Å²) in [7, 11) is 0. The molecule has 0 aliphatic carbocycles. The molecular formula is C23H31ClN4O3. The molecule has 1 heterocycles. The van der Waals surface area contributed by atoms with Crippen LogP contribution in [0, 0.1) is 5.92 Å². The summed E-state index contributed by atoms with van der Waals surface area (Å²) in [4.78, 5) is 41.5. The Kier molecular flexibility index (Phi) is 8.42. The Morgan fingerprint density at radius 1 is 1.13 bits per heavy atom. The number of hydrogen-bond acceptors (Lipinski definition) is 4. The maximum atomic E-state index is 13.7. The van der Waals surface area contributed by atoms with Crippen LogP contribution >= 0.6 is 12.4 Å². The lowest BCUT2D eigenvalue weighted by molar-refractivity contribution is -0.136. The summed E-state index contributed by atoms with van der Waals surface area (Å²) in [5.41, 5.74) is 11.9. The summed E-state index contributed by atoms with van der Waals surface area (Å²) in [6, 6.07) is 12.0. The Labute approximate surface area is 189 Å². The van der Waals surface area contributed by atoms with E-state index in [2.05, 4.69) is 0 Å². The number of likely N-dealkylation sites (tertiary alicyclic amines) is 1. The Morgan fingerprint density at radius 2 is 1.81 bits per heavy atom. The average molecular weight is 447 g/mol. The average Bonchev–Trinajstić information content (AvgIpc) is 3.22. The lowest BCUT2D eigenvalue weighted by Gasteiger charge is -2.35. The largest absolute Gasteiger partial charge is 0.368 e. The van der Waals surface area contributed by atoms with Crippen LogP contribution in [-0.2, 0) is 14.4 Å². The molecule has 2 unspecified atom stereocenters. The van der Waals surface area contributed by atoms with Crippen LogP contribution in [0.5, 0.6) is 0 Å².